The van der Waals surface area contributed by atoms with Crippen molar-refractivity contribution in [3.8, 4) is 0 Å². The summed E-state index contributed by atoms with van der Waals surface area (Å²) in [5.74, 6) is 0.471. The lowest BCUT2D eigenvalue weighted by molar-refractivity contribution is -0.127. The van der Waals surface area contributed by atoms with E-state index in [9.17, 15) is 9.59 Å². The summed E-state index contributed by atoms with van der Waals surface area (Å²) in [4.78, 5) is 26.5. The number of nitrogens with one attached hydrogen (secondary N) is 2. The van der Waals surface area contributed by atoms with Crippen molar-refractivity contribution < 1.29 is 9.59 Å². The van der Waals surface area contributed by atoms with Gasteiger partial charge in [-0.1, -0.05) is 44.2 Å². The average molecular weight is 341 g/mol. The summed E-state index contributed by atoms with van der Waals surface area (Å²) in [5, 5.41) is 6.17. The van der Waals surface area contributed by atoms with Crippen molar-refractivity contribution in [3.05, 3.63) is 47.5 Å². The van der Waals surface area contributed by atoms with E-state index in [1.165, 1.54) is 11.1 Å². The van der Waals surface area contributed by atoms with E-state index in [2.05, 4.69) is 36.6 Å². The summed E-state index contributed by atoms with van der Waals surface area (Å²) >= 11 is 0. The van der Waals surface area contributed by atoms with E-state index in [0.29, 0.717) is 19.0 Å². The van der Waals surface area contributed by atoms with Gasteiger partial charge in [0.25, 0.3) is 0 Å². The van der Waals surface area contributed by atoms with Crippen molar-refractivity contribution in [1.82, 2.24) is 15.5 Å². The summed E-state index contributed by atoms with van der Waals surface area (Å²) in [7, 11) is 0. The zero-order chi connectivity index (χ0) is 17.8. The molecule has 1 aromatic carbocycles. The highest BCUT2D eigenvalue weighted by atomic mass is 16.2. The van der Waals surface area contributed by atoms with Gasteiger partial charge in [0.2, 0.25) is 11.8 Å². The maximum absolute atomic E-state index is 12.5. The normalized spacial score (nSPS) is 20.4. The molecule has 5 heteroatoms. The molecule has 2 amide bonds. The van der Waals surface area contributed by atoms with E-state index in [0.717, 1.165) is 19.4 Å². The van der Waals surface area contributed by atoms with Crippen LogP contribution in [0.4, 0.5) is 0 Å². The molecule has 1 saturated heterocycles. The number of nitrogens with zero attached hydrogens (tertiary/aromatic N) is 1. The monoisotopic (exact) mass is 341 g/mol. The molecule has 0 radical (unpaired) electrons. The van der Waals surface area contributed by atoms with Crippen LogP contribution in [0.2, 0.25) is 0 Å². The van der Waals surface area contributed by atoms with E-state index in [-0.39, 0.29) is 23.9 Å². The quantitative estimate of drug-likeness (QED) is 0.778. The van der Waals surface area contributed by atoms with Gasteiger partial charge in [-0.15, -0.1) is 0 Å². The van der Waals surface area contributed by atoms with E-state index >= 15 is 0 Å². The van der Waals surface area contributed by atoms with E-state index in [1.54, 1.807) is 6.08 Å². The van der Waals surface area contributed by atoms with Crippen molar-refractivity contribution in [2.45, 2.75) is 51.9 Å². The van der Waals surface area contributed by atoms with Crippen molar-refractivity contribution >= 4 is 11.8 Å². The predicted octanol–water partition coefficient (Wildman–Crippen LogP) is 1.98. The van der Waals surface area contributed by atoms with E-state index < -0.39 is 0 Å². The zero-order valence-electron chi connectivity index (χ0n) is 15.0. The van der Waals surface area contributed by atoms with Crippen LogP contribution < -0.4 is 10.6 Å². The van der Waals surface area contributed by atoms with Crippen LogP contribution in [-0.2, 0) is 22.7 Å². The first-order valence-electron chi connectivity index (χ1n) is 9.10. The number of rotatable bonds is 6. The van der Waals surface area contributed by atoms with Gasteiger partial charge in [-0.05, 0) is 36.4 Å². The first kappa shape index (κ1) is 17.7. The van der Waals surface area contributed by atoms with E-state index in [1.807, 2.05) is 23.1 Å². The van der Waals surface area contributed by atoms with Gasteiger partial charge in [0.15, 0.2) is 0 Å². The molecule has 1 aromatic rings. The Balaban J connectivity index is 1.58. The second-order valence-electron chi connectivity index (χ2n) is 7.36. The molecule has 0 unspecified atom stereocenters. The number of carbonyl (C=O) groups excluding carboxylic acids is 2. The standard InChI is InChI=1S/C20H27N3O2/c1-14(2)11-17(22-20(25)18-9-10-21-18)7-8-19(24)23-12-15-5-3-4-6-16(15)13-23/h3-8,14,17-18,21H,9-13H2,1-2H3,(H,22,25)/t17-,18+/m1/s1. The fraction of sp³-hybridized carbons (Fsp3) is 0.500. The molecule has 2 aliphatic rings. The van der Waals surface area contributed by atoms with Crippen LogP contribution in [0.15, 0.2) is 36.4 Å². The number of carbonyl (C=O) groups is 2. The third-order valence-electron chi connectivity index (χ3n) is 4.82. The topological polar surface area (TPSA) is 61.4 Å². The molecule has 25 heavy (non-hydrogen) atoms. The van der Waals surface area contributed by atoms with Crippen molar-refractivity contribution in [3.63, 3.8) is 0 Å². The molecule has 134 valence electrons. The summed E-state index contributed by atoms with van der Waals surface area (Å²) < 4.78 is 0. The number of hydrogen-bond donors (Lipinski definition) is 2. The summed E-state index contributed by atoms with van der Waals surface area (Å²) in [5.41, 5.74) is 2.43. The Morgan fingerprint density at radius 2 is 1.92 bits per heavy atom. The fourth-order valence-electron chi connectivity index (χ4n) is 3.28. The van der Waals surface area contributed by atoms with Gasteiger partial charge in [-0.3, -0.25) is 9.59 Å². The second-order valence-corrected chi connectivity index (χ2v) is 7.36. The minimum absolute atomic E-state index is 0.000902. The molecular formula is C20H27N3O2. The molecule has 2 atom stereocenters. The maximum atomic E-state index is 12.5. The molecule has 1 fully saturated rings. The first-order valence-corrected chi connectivity index (χ1v) is 9.10. The average Bonchev–Trinajstić information content (AvgIpc) is 2.94. The van der Waals surface area contributed by atoms with Gasteiger partial charge in [0.05, 0.1) is 6.04 Å². The number of hydrogen-bond acceptors (Lipinski definition) is 3. The van der Waals surface area contributed by atoms with Gasteiger partial charge in [0, 0.05) is 25.2 Å². The third-order valence-corrected chi connectivity index (χ3v) is 4.82. The van der Waals surface area contributed by atoms with Gasteiger partial charge in [-0.25, -0.2) is 0 Å². The molecule has 5 nitrogen and oxygen atoms in total. The van der Waals surface area contributed by atoms with Crippen LogP contribution in [0.3, 0.4) is 0 Å². The van der Waals surface area contributed by atoms with Crippen LogP contribution in [0.1, 0.15) is 37.8 Å². The summed E-state index contributed by atoms with van der Waals surface area (Å²) in [6.45, 7) is 6.46. The smallest absolute Gasteiger partial charge is 0.246 e. The van der Waals surface area contributed by atoms with Crippen LogP contribution in [0.5, 0.6) is 0 Å². The lowest BCUT2D eigenvalue weighted by Crippen LogP contribution is -2.55. The van der Waals surface area contributed by atoms with Crippen molar-refractivity contribution in [1.29, 1.82) is 0 Å². The van der Waals surface area contributed by atoms with Crippen LogP contribution >= 0.6 is 0 Å². The largest absolute Gasteiger partial charge is 0.349 e. The number of fused-ring (bicyclic) bond motifs is 1. The highest BCUT2D eigenvalue weighted by Gasteiger charge is 2.26. The SMILES string of the molecule is CC(C)C[C@@H](C=CC(=O)N1Cc2ccccc2C1)NC(=O)[C@@H]1CCN1. The van der Waals surface area contributed by atoms with Crippen molar-refractivity contribution in [2.24, 2.45) is 5.92 Å². The minimum Gasteiger partial charge on any atom is -0.349 e. The second kappa shape index (κ2) is 7.83. The Morgan fingerprint density at radius 1 is 1.28 bits per heavy atom. The number of amides is 2. The molecule has 2 N–H and O–H groups in total. The van der Waals surface area contributed by atoms with Gasteiger partial charge >= 0.3 is 0 Å². The Hall–Kier alpha value is -2.14. The molecule has 0 aliphatic carbocycles. The minimum atomic E-state index is -0.108. The van der Waals surface area contributed by atoms with Crippen LogP contribution in [-0.4, -0.2) is 35.3 Å². The number of benzene rings is 1. The summed E-state index contributed by atoms with van der Waals surface area (Å²) in [6, 6.07) is 7.96. The Labute approximate surface area is 149 Å². The highest BCUT2D eigenvalue weighted by Crippen LogP contribution is 2.22. The molecule has 3 rings (SSSR count). The lowest BCUT2D eigenvalue weighted by Gasteiger charge is -2.28. The Bertz CT molecular complexity index is 640. The van der Waals surface area contributed by atoms with Crippen molar-refractivity contribution in [2.75, 3.05) is 6.54 Å². The molecule has 0 saturated carbocycles. The molecule has 0 aromatic heterocycles. The highest BCUT2D eigenvalue weighted by molar-refractivity contribution is 5.88. The van der Waals surface area contributed by atoms with Gasteiger partial charge in [0.1, 0.15) is 0 Å². The molecular weight excluding hydrogens is 314 g/mol. The first-order chi connectivity index (χ1) is 12.0. The Kier molecular flexibility index (Phi) is 5.53. The molecule has 0 spiro atoms. The Morgan fingerprint density at radius 3 is 2.44 bits per heavy atom. The molecule has 0 bridgehead atoms. The van der Waals surface area contributed by atoms with Crippen LogP contribution in [0.25, 0.3) is 0 Å². The van der Waals surface area contributed by atoms with Gasteiger partial charge in [-0.2, -0.15) is 0 Å². The maximum Gasteiger partial charge on any atom is 0.246 e. The molecule has 2 heterocycles. The molecule has 2 aliphatic heterocycles. The third kappa shape index (κ3) is 4.48. The lowest BCUT2D eigenvalue weighted by atomic mass is 10.0. The van der Waals surface area contributed by atoms with Gasteiger partial charge < -0.3 is 15.5 Å². The van der Waals surface area contributed by atoms with Crippen LogP contribution in [0, 0.1) is 5.92 Å². The predicted molar refractivity (Wildman–Crippen MR) is 97.6 cm³/mol. The summed E-state index contributed by atoms with van der Waals surface area (Å²) in [6.07, 6.45) is 5.17. The zero-order valence-corrected chi connectivity index (χ0v) is 15.0. The fourth-order valence-corrected chi connectivity index (χ4v) is 3.28. The van der Waals surface area contributed by atoms with E-state index in [4.69, 9.17) is 0 Å².